The maximum atomic E-state index is 14.0. The summed E-state index contributed by atoms with van der Waals surface area (Å²) in [5.74, 6) is -0.312. The van der Waals surface area contributed by atoms with Crippen molar-refractivity contribution in [2.24, 2.45) is 0 Å². The first-order chi connectivity index (χ1) is 8.85. The lowest BCUT2D eigenvalue weighted by Crippen LogP contribution is -2.35. The van der Waals surface area contributed by atoms with Crippen molar-refractivity contribution in [2.75, 3.05) is 0 Å². The fourth-order valence-corrected chi connectivity index (χ4v) is 1.78. The van der Waals surface area contributed by atoms with Crippen LogP contribution in [0.1, 0.15) is 26.3 Å². The molecule has 0 saturated heterocycles. The first-order valence-corrected chi connectivity index (χ1v) is 6.47. The van der Waals surface area contributed by atoms with Gasteiger partial charge in [-0.25, -0.2) is 9.07 Å². The lowest BCUT2D eigenvalue weighted by Gasteiger charge is -2.20. The Kier molecular flexibility index (Phi) is 3.92. The van der Waals surface area contributed by atoms with Gasteiger partial charge in [0.1, 0.15) is 11.5 Å². The highest BCUT2D eigenvalue weighted by atomic mass is 35.5. The van der Waals surface area contributed by atoms with E-state index in [-0.39, 0.29) is 11.4 Å². The summed E-state index contributed by atoms with van der Waals surface area (Å²) in [7, 11) is 0. The second kappa shape index (κ2) is 5.31. The minimum atomic E-state index is -0.312. The van der Waals surface area contributed by atoms with Crippen molar-refractivity contribution in [1.29, 1.82) is 0 Å². The van der Waals surface area contributed by atoms with Gasteiger partial charge in [-0.15, -0.1) is 0 Å². The Balaban J connectivity index is 2.18. The van der Waals surface area contributed by atoms with Crippen molar-refractivity contribution in [3.8, 4) is 5.69 Å². The molecule has 0 bridgehead atoms. The number of halogens is 2. The van der Waals surface area contributed by atoms with E-state index in [9.17, 15) is 4.39 Å². The monoisotopic (exact) mass is 281 g/mol. The molecule has 0 amide bonds. The molecule has 2 aromatic rings. The van der Waals surface area contributed by atoms with E-state index in [1.807, 2.05) is 6.07 Å². The van der Waals surface area contributed by atoms with Crippen LogP contribution in [0.2, 0.25) is 5.02 Å². The highest BCUT2D eigenvalue weighted by molar-refractivity contribution is 6.30. The summed E-state index contributed by atoms with van der Waals surface area (Å²) < 4.78 is 15.5. The first kappa shape index (κ1) is 14.0. The third-order valence-electron chi connectivity index (χ3n) is 2.63. The number of nitrogens with zero attached hydrogens (tertiary/aromatic N) is 2. The fraction of sp³-hybridized carbons (Fsp3) is 0.357. The maximum Gasteiger partial charge on any atom is 0.149 e. The average Bonchev–Trinajstić information content (AvgIpc) is 2.72. The van der Waals surface area contributed by atoms with Gasteiger partial charge in [0.15, 0.2) is 0 Å². The Morgan fingerprint density at radius 1 is 1.37 bits per heavy atom. The molecule has 1 heterocycles. The molecule has 1 aromatic carbocycles. The van der Waals surface area contributed by atoms with E-state index >= 15 is 0 Å². The van der Waals surface area contributed by atoms with Crippen LogP contribution >= 0.6 is 11.6 Å². The molecule has 1 N–H and O–H groups in total. The summed E-state index contributed by atoms with van der Waals surface area (Å²) in [6.07, 6.45) is 3.06. The van der Waals surface area contributed by atoms with Crippen molar-refractivity contribution in [3.05, 3.63) is 47.0 Å². The van der Waals surface area contributed by atoms with Crippen molar-refractivity contribution < 1.29 is 4.39 Å². The molecule has 19 heavy (non-hydrogen) atoms. The lowest BCUT2D eigenvalue weighted by atomic mass is 10.1. The van der Waals surface area contributed by atoms with Gasteiger partial charge in [-0.3, -0.25) is 0 Å². The first-order valence-electron chi connectivity index (χ1n) is 6.09. The van der Waals surface area contributed by atoms with Crippen LogP contribution in [0.5, 0.6) is 0 Å². The Morgan fingerprint density at radius 2 is 2.11 bits per heavy atom. The van der Waals surface area contributed by atoms with Gasteiger partial charge in [0.25, 0.3) is 0 Å². The number of rotatable bonds is 3. The average molecular weight is 282 g/mol. The molecule has 0 unspecified atom stereocenters. The van der Waals surface area contributed by atoms with Gasteiger partial charge in [0.2, 0.25) is 0 Å². The van der Waals surface area contributed by atoms with E-state index in [0.717, 1.165) is 5.56 Å². The molecule has 102 valence electrons. The molecular weight excluding hydrogens is 265 g/mol. The molecule has 0 aliphatic heterocycles. The van der Waals surface area contributed by atoms with Crippen molar-refractivity contribution in [1.82, 2.24) is 15.1 Å². The predicted octanol–water partition coefficient (Wildman–Crippen LogP) is 3.55. The normalized spacial score (nSPS) is 11.8. The lowest BCUT2D eigenvalue weighted by molar-refractivity contribution is 0.423. The Bertz CT molecular complexity index is 572. The van der Waals surface area contributed by atoms with Crippen molar-refractivity contribution in [2.45, 2.75) is 32.9 Å². The van der Waals surface area contributed by atoms with Crippen LogP contribution in [-0.2, 0) is 6.54 Å². The molecule has 0 fully saturated rings. The van der Waals surface area contributed by atoms with Gasteiger partial charge >= 0.3 is 0 Å². The second-order valence-corrected chi connectivity index (χ2v) is 5.93. The molecule has 0 saturated carbocycles. The number of benzene rings is 1. The molecule has 1 aromatic heterocycles. The van der Waals surface area contributed by atoms with Crippen LogP contribution in [0.4, 0.5) is 4.39 Å². The molecule has 3 nitrogen and oxygen atoms in total. The van der Waals surface area contributed by atoms with E-state index in [2.05, 4.69) is 31.2 Å². The molecule has 0 radical (unpaired) electrons. The van der Waals surface area contributed by atoms with Gasteiger partial charge in [0, 0.05) is 18.3 Å². The highest BCUT2D eigenvalue weighted by Crippen LogP contribution is 2.17. The van der Waals surface area contributed by atoms with E-state index < -0.39 is 0 Å². The molecule has 0 atom stereocenters. The largest absolute Gasteiger partial charge is 0.308 e. The summed E-state index contributed by atoms with van der Waals surface area (Å²) in [5, 5.41) is 7.79. The molecular formula is C14H17ClFN3. The standard InChI is InChI=1S/C14H17ClFN3/c1-14(2,3)17-7-10-4-5-13(12(16)6-10)19-9-11(15)8-18-19/h4-6,8-9,17H,7H2,1-3H3. The highest BCUT2D eigenvalue weighted by Gasteiger charge is 2.11. The van der Waals surface area contributed by atoms with Crippen LogP contribution in [-0.4, -0.2) is 15.3 Å². The number of aromatic nitrogens is 2. The van der Waals surface area contributed by atoms with Crippen LogP contribution in [0.15, 0.2) is 30.6 Å². The zero-order valence-corrected chi connectivity index (χ0v) is 12.0. The SMILES string of the molecule is CC(C)(C)NCc1ccc(-n2cc(Cl)cn2)c(F)c1. The summed E-state index contributed by atoms with van der Waals surface area (Å²) in [6, 6.07) is 5.11. The van der Waals surface area contributed by atoms with Gasteiger partial charge < -0.3 is 5.32 Å². The van der Waals surface area contributed by atoms with E-state index in [4.69, 9.17) is 11.6 Å². The zero-order chi connectivity index (χ0) is 14.0. The van der Waals surface area contributed by atoms with E-state index in [0.29, 0.717) is 17.3 Å². The summed E-state index contributed by atoms with van der Waals surface area (Å²) in [6.45, 7) is 6.84. The van der Waals surface area contributed by atoms with Crippen LogP contribution in [0.25, 0.3) is 5.69 Å². The molecule has 5 heteroatoms. The molecule has 0 aliphatic rings. The Hall–Kier alpha value is -1.39. The van der Waals surface area contributed by atoms with E-state index in [1.165, 1.54) is 16.9 Å². The van der Waals surface area contributed by atoms with Crippen LogP contribution < -0.4 is 5.32 Å². The zero-order valence-electron chi connectivity index (χ0n) is 11.2. The van der Waals surface area contributed by atoms with Crippen molar-refractivity contribution in [3.63, 3.8) is 0 Å². The van der Waals surface area contributed by atoms with Gasteiger partial charge in [-0.05, 0) is 38.5 Å². The van der Waals surface area contributed by atoms with Crippen molar-refractivity contribution >= 4 is 11.6 Å². The Morgan fingerprint density at radius 3 is 2.63 bits per heavy atom. The number of nitrogens with one attached hydrogen (secondary N) is 1. The predicted molar refractivity (Wildman–Crippen MR) is 75.1 cm³/mol. The van der Waals surface area contributed by atoms with Gasteiger partial charge in [-0.2, -0.15) is 5.10 Å². The number of hydrogen-bond donors (Lipinski definition) is 1. The molecule has 0 aliphatic carbocycles. The minimum Gasteiger partial charge on any atom is -0.308 e. The summed E-state index contributed by atoms with van der Waals surface area (Å²) in [5.41, 5.74) is 1.30. The maximum absolute atomic E-state index is 14.0. The molecule has 2 rings (SSSR count). The summed E-state index contributed by atoms with van der Waals surface area (Å²) >= 11 is 5.78. The third-order valence-corrected chi connectivity index (χ3v) is 2.83. The Labute approximate surface area is 117 Å². The van der Waals surface area contributed by atoms with Gasteiger partial charge in [-0.1, -0.05) is 17.7 Å². The van der Waals surface area contributed by atoms with Crippen LogP contribution in [0.3, 0.4) is 0 Å². The minimum absolute atomic E-state index is 0.00462. The third kappa shape index (κ3) is 3.78. The topological polar surface area (TPSA) is 29.9 Å². The van der Waals surface area contributed by atoms with Gasteiger partial charge in [0.05, 0.1) is 11.2 Å². The molecule has 0 spiro atoms. The van der Waals surface area contributed by atoms with E-state index in [1.54, 1.807) is 12.3 Å². The summed E-state index contributed by atoms with van der Waals surface area (Å²) in [4.78, 5) is 0. The number of hydrogen-bond acceptors (Lipinski definition) is 2. The smallest absolute Gasteiger partial charge is 0.149 e. The fourth-order valence-electron chi connectivity index (χ4n) is 1.65. The van der Waals surface area contributed by atoms with Crippen LogP contribution in [0, 0.1) is 5.82 Å². The quantitative estimate of drug-likeness (QED) is 0.932. The second-order valence-electron chi connectivity index (χ2n) is 5.49.